The fourth-order valence-electron chi connectivity index (χ4n) is 2.03. The average Bonchev–Trinajstić information content (AvgIpc) is 2.57. The normalized spacial score (nSPS) is 20.3. The zero-order chi connectivity index (χ0) is 11.1. The lowest BCUT2D eigenvalue weighted by Gasteiger charge is -2.27. The smallest absolute Gasteiger partial charge is 0.118 e. The monoisotopic (exact) mass is 211 g/mol. The van der Waals surface area contributed by atoms with E-state index in [1.807, 2.05) is 6.34 Å². The lowest BCUT2D eigenvalue weighted by Crippen LogP contribution is -2.37. The molecule has 0 radical (unpaired) electrons. The van der Waals surface area contributed by atoms with Crippen LogP contribution < -0.4 is 0 Å². The van der Waals surface area contributed by atoms with Gasteiger partial charge in [0.05, 0.1) is 0 Å². The third-order valence-electron chi connectivity index (χ3n) is 2.98. The molecule has 0 fully saturated rings. The Balaban J connectivity index is 2.24. The van der Waals surface area contributed by atoms with E-state index in [0.717, 1.165) is 6.54 Å². The summed E-state index contributed by atoms with van der Waals surface area (Å²) in [5.41, 5.74) is 0. The molecule has 88 valence electrons. The fourth-order valence-corrected chi connectivity index (χ4v) is 2.03. The van der Waals surface area contributed by atoms with Gasteiger partial charge in [-0.1, -0.05) is 39.5 Å². The first-order chi connectivity index (χ1) is 7.29. The van der Waals surface area contributed by atoms with Crippen LogP contribution in [0.2, 0.25) is 0 Å². The van der Waals surface area contributed by atoms with E-state index in [1.54, 1.807) is 0 Å². The van der Waals surface area contributed by atoms with E-state index in [0.29, 0.717) is 6.17 Å². The van der Waals surface area contributed by atoms with Crippen LogP contribution >= 0.6 is 0 Å². The second kappa shape index (κ2) is 6.70. The second-order valence-electron chi connectivity index (χ2n) is 4.39. The van der Waals surface area contributed by atoms with Crippen LogP contribution in [0.15, 0.2) is 5.10 Å². The van der Waals surface area contributed by atoms with E-state index in [9.17, 15) is 0 Å². The van der Waals surface area contributed by atoms with Crippen molar-refractivity contribution in [2.45, 2.75) is 58.5 Å². The van der Waals surface area contributed by atoms with Gasteiger partial charge < -0.3 is 4.90 Å². The van der Waals surface area contributed by atoms with Crippen molar-refractivity contribution in [2.75, 3.05) is 13.6 Å². The molecule has 1 rings (SSSR count). The highest BCUT2D eigenvalue weighted by Gasteiger charge is 2.23. The largest absolute Gasteiger partial charge is 0.343 e. The van der Waals surface area contributed by atoms with Gasteiger partial charge in [0.15, 0.2) is 0 Å². The summed E-state index contributed by atoms with van der Waals surface area (Å²) in [6, 6.07) is 0. The molecule has 0 saturated heterocycles. The molecule has 0 saturated carbocycles. The Morgan fingerprint density at radius 1 is 1.13 bits per heavy atom. The van der Waals surface area contributed by atoms with Gasteiger partial charge in [0.2, 0.25) is 0 Å². The van der Waals surface area contributed by atoms with Crippen LogP contribution in [0.1, 0.15) is 52.4 Å². The van der Waals surface area contributed by atoms with Gasteiger partial charge in [0, 0.05) is 13.6 Å². The topological polar surface area (TPSA) is 18.8 Å². The van der Waals surface area contributed by atoms with E-state index in [4.69, 9.17) is 0 Å². The quantitative estimate of drug-likeness (QED) is 0.603. The molecule has 3 nitrogen and oxygen atoms in total. The Labute approximate surface area is 94.1 Å². The van der Waals surface area contributed by atoms with Crippen LogP contribution in [0.3, 0.4) is 0 Å². The number of hydrogen-bond acceptors (Lipinski definition) is 3. The van der Waals surface area contributed by atoms with E-state index in [2.05, 4.69) is 35.9 Å². The van der Waals surface area contributed by atoms with E-state index in [1.165, 1.54) is 38.5 Å². The van der Waals surface area contributed by atoms with Gasteiger partial charge in [-0.05, 0) is 12.8 Å². The molecule has 15 heavy (non-hydrogen) atoms. The van der Waals surface area contributed by atoms with Crippen molar-refractivity contribution in [1.82, 2.24) is 9.91 Å². The highest BCUT2D eigenvalue weighted by molar-refractivity contribution is 5.56. The van der Waals surface area contributed by atoms with E-state index < -0.39 is 0 Å². The Morgan fingerprint density at radius 3 is 2.60 bits per heavy atom. The van der Waals surface area contributed by atoms with Crippen LogP contribution in [0, 0.1) is 0 Å². The molecule has 1 unspecified atom stereocenters. The minimum absolute atomic E-state index is 0.511. The van der Waals surface area contributed by atoms with Gasteiger partial charge in [0.1, 0.15) is 12.5 Å². The molecule has 0 amide bonds. The minimum atomic E-state index is 0.511. The van der Waals surface area contributed by atoms with Crippen molar-refractivity contribution in [3.8, 4) is 0 Å². The van der Waals surface area contributed by atoms with Crippen LogP contribution in [-0.4, -0.2) is 36.0 Å². The van der Waals surface area contributed by atoms with Gasteiger partial charge in [-0.2, -0.15) is 5.10 Å². The van der Waals surface area contributed by atoms with Gasteiger partial charge in [-0.15, -0.1) is 0 Å². The SMILES string of the molecule is CCCCCCN1N=CN(C)C1CCC. The highest BCUT2D eigenvalue weighted by Crippen LogP contribution is 2.16. The number of hydrogen-bond donors (Lipinski definition) is 0. The maximum absolute atomic E-state index is 4.45. The van der Waals surface area contributed by atoms with Crippen molar-refractivity contribution in [3.63, 3.8) is 0 Å². The Hall–Kier alpha value is -0.730. The van der Waals surface area contributed by atoms with Crippen molar-refractivity contribution >= 4 is 6.34 Å². The molecule has 0 aromatic carbocycles. The lowest BCUT2D eigenvalue weighted by molar-refractivity contribution is 0.134. The van der Waals surface area contributed by atoms with Gasteiger partial charge in [-0.3, -0.25) is 5.01 Å². The summed E-state index contributed by atoms with van der Waals surface area (Å²) in [5, 5.41) is 6.70. The Morgan fingerprint density at radius 2 is 1.93 bits per heavy atom. The number of unbranched alkanes of at least 4 members (excludes halogenated alkanes) is 3. The molecule has 1 aliphatic heterocycles. The number of rotatable bonds is 7. The van der Waals surface area contributed by atoms with Crippen LogP contribution in [0.4, 0.5) is 0 Å². The number of hydrazone groups is 1. The summed E-state index contributed by atoms with van der Waals surface area (Å²) < 4.78 is 0. The molecule has 0 bridgehead atoms. The molecular formula is C12H25N3. The third kappa shape index (κ3) is 3.73. The molecule has 1 atom stereocenters. The molecule has 0 aliphatic carbocycles. The Kier molecular flexibility index (Phi) is 5.51. The predicted octanol–water partition coefficient (Wildman–Crippen LogP) is 2.88. The second-order valence-corrected chi connectivity index (χ2v) is 4.39. The van der Waals surface area contributed by atoms with Crippen LogP contribution in [-0.2, 0) is 0 Å². The first-order valence-corrected chi connectivity index (χ1v) is 6.32. The van der Waals surface area contributed by atoms with Crippen LogP contribution in [0.5, 0.6) is 0 Å². The van der Waals surface area contributed by atoms with Crippen molar-refractivity contribution in [1.29, 1.82) is 0 Å². The van der Waals surface area contributed by atoms with Gasteiger partial charge in [-0.25, -0.2) is 0 Å². The molecule has 3 heteroatoms. The van der Waals surface area contributed by atoms with Crippen LogP contribution in [0.25, 0.3) is 0 Å². The Bertz CT molecular complexity index is 191. The summed E-state index contributed by atoms with van der Waals surface area (Å²) in [7, 11) is 2.12. The summed E-state index contributed by atoms with van der Waals surface area (Å²) in [6.07, 6.45) is 10.2. The molecule has 0 aromatic heterocycles. The molecule has 0 aromatic rings. The van der Waals surface area contributed by atoms with Gasteiger partial charge >= 0.3 is 0 Å². The molecule has 0 spiro atoms. The standard InChI is InChI=1S/C12H25N3/c1-4-6-7-8-10-15-12(9-5-2)14(3)11-13-15/h11-12H,4-10H2,1-3H3. The van der Waals surface area contributed by atoms with E-state index in [-0.39, 0.29) is 0 Å². The molecule has 1 heterocycles. The maximum Gasteiger partial charge on any atom is 0.118 e. The first kappa shape index (κ1) is 12.3. The van der Waals surface area contributed by atoms with Gasteiger partial charge in [0.25, 0.3) is 0 Å². The third-order valence-corrected chi connectivity index (χ3v) is 2.98. The summed E-state index contributed by atoms with van der Waals surface area (Å²) in [6.45, 7) is 5.61. The molecular weight excluding hydrogens is 186 g/mol. The predicted molar refractivity (Wildman–Crippen MR) is 65.8 cm³/mol. The van der Waals surface area contributed by atoms with Crippen molar-refractivity contribution < 1.29 is 0 Å². The van der Waals surface area contributed by atoms with Crippen molar-refractivity contribution in [2.24, 2.45) is 5.10 Å². The average molecular weight is 211 g/mol. The lowest BCUT2D eigenvalue weighted by atomic mass is 10.2. The zero-order valence-corrected chi connectivity index (χ0v) is 10.4. The summed E-state index contributed by atoms with van der Waals surface area (Å²) >= 11 is 0. The summed E-state index contributed by atoms with van der Waals surface area (Å²) in [4.78, 5) is 2.23. The number of nitrogens with zero attached hydrogens (tertiary/aromatic N) is 3. The van der Waals surface area contributed by atoms with Crippen molar-refractivity contribution in [3.05, 3.63) is 0 Å². The first-order valence-electron chi connectivity index (χ1n) is 6.32. The van der Waals surface area contributed by atoms with E-state index >= 15 is 0 Å². The molecule has 0 N–H and O–H groups in total. The maximum atomic E-state index is 4.45. The zero-order valence-electron chi connectivity index (χ0n) is 10.4. The summed E-state index contributed by atoms with van der Waals surface area (Å²) in [5.74, 6) is 0. The highest BCUT2D eigenvalue weighted by atomic mass is 15.6. The molecule has 1 aliphatic rings. The fraction of sp³-hybridized carbons (Fsp3) is 0.917. The minimum Gasteiger partial charge on any atom is -0.343 e.